The summed E-state index contributed by atoms with van der Waals surface area (Å²) in [6.45, 7) is 1.96. The number of hydrogen-bond acceptors (Lipinski definition) is 3. The van der Waals surface area contributed by atoms with E-state index in [1.54, 1.807) is 6.92 Å². The molecule has 1 aromatic rings. The summed E-state index contributed by atoms with van der Waals surface area (Å²) in [6, 6.07) is 1.34. The Bertz CT molecular complexity index is 293. The second-order valence-electron chi connectivity index (χ2n) is 1.95. The highest BCUT2D eigenvalue weighted by molar-refractivity contribution is 6.36. The molecule has 0 bridgehead atoms. The molecule has 5 heteroatoms. The van der Waals surface area contributed by atoms with Gasteiger partial charge in [0.25, 0.3) is 0 Å². The first-order chi connectivity index (χ1) is 5.65. The highest BCUT2D eigenvalue weighted by atomic mass is 35.5. The number of furan rings is 1. The lowest BCUT2D eigenvalue weighted by Gasteiger charge is -1.96. The van der Waals surface area contributed by atoms with Crippen molar-refractivity contribution in [3.8, 4) is 0 Å². The van der Waals surface area contributed by atoms with Crippen LogP contribution >= 0.6 is 23.2 Å². The van der Waals surface area contributed by atoms with Crippen LogP contribution in [0.4, 0.5) is 0 Å². The van der Waals surface area contributed by atoms with Gasteiger partial charge in [0.15, 0.2) is 5.22 Å². The predicted molar refractivity (Wildman–Crippen MR) is 44.7 cm³/mol. The van der Waals surface area contributed by atoms with Crippen LogP contribution in [0.25, 0.3) is 0 Å². The number of carbonyl (C=O) groups is 1. The minimum absolute atomic E-state index is 0.0523. The third kappa shape index (κ3) is 1.93. The molecule has 0 radical (unpaired) electrons. The van der Waals surface area contributed by atoms with E-state index in [1.165, 1.54) is 6.07 Å². The van der Waals surface area contributed by atoms with Gasteiger partial charge in [0, 0.05) is 6.07 Å². The summed E-state index contributed by atoms with van der Waals surface area (Å²) in [7, 11) is 0. The fraction of sp³-hybridized carbons (Fsp3) is 0.286. The van der Waals surface area contributed by atoms with Crippen LogP contribution in [0.15, 0.2) is 10.5 Å². The Labute approximate surface area is 79.2 Å². The van der Waals surface area contributed by atoms with E-state index in [9.17, 15) is 4.79 Å². The van der Waals surface area contributed by atoms with Gasteiger partial charge in [-0.1, -0.05) is 11.6 Å². The number of rotatable bonds is 2. The third-order valence-electron chi connectivity index (χ3n) is 1.12. The Kier molecular flexibility index (Phi) is 3.00. The topological polar surface area (TPSA) is 39.4 Å². The largest absolute Gasteiger partial charge is 0.460 e. The van der Waals surface area contributed by atoms with Gasteiger partial charge in [-0.05, 0) is 18.5 Å². The molecule has 1 heterocycles. The van der Waals surface area contributed by atoms with Crippen molar-refractivity contribution >= 4 is 29.2 Å². The van der Waals surface area contributed by atoms with E-state index in [1.807, 2.05) is 0 Å². The Morgan fingerprint density at radius 2 is 2.33 bits per heavy atom. The molecule has 1 aromatic heterocycles. The molecular weight excluding hydrogens is 203 g/mol. The van der Waals surface area contributed by atoms with Crippen molar-refractivity contribution in [2.75, 3.05) is 6.61 Å². The highest BCUT2D eigenvalue weighted by Crippen LogP contribution is 2.24. The summed E-state index contributed by atoms with van der Waals surface area (Å²) in [6.07, 6.45) is 0. The number of ether oxygens (including phenoxy) is 1. The third-order valence-corrected chi connectivity index (χ3v) is 1.58. The normalized spacial score (nSPS) is 9.92. The van der Waals surface area contributed by atoms with Crippen molar-refractivity contribution < 1.29 is 13.9 Å². The molecule has 1 rings (SSSR count). The summed E-state index contributed by atoms with van der Waals surface area (Å²) in [5.74, 6) is -0.655. The maximum absolute atomic E-state index is 11.0. The Balaban J connectivity index is 2.87. The van der Waals surface area contributed by atoms with Crippen LogP contribution in [0, 0.1) is 0 Å². The molecule has 0 spiro atoms. The summed E-state index contributed by atoms with van der Waals surface area (Å²) in [5.41, 5.74) is 0. The molecule has 0 fully saturated rings. The Hall–Kier alpha value is -0.670. The standard InChI is InChI=1S/C7H6Cl2O3/c1-2-11-7(10)6-4(8)3-5(9)12-6/h3H,2H2,1H3. The summed E-state index contributed by atoms with van der Waals surface area (Å²) < 4.78 is 9.43. The van der Waals surface area contributed by atoms with E-state index in [0.29, 0.717) is 0 Å². The first-order valence-corrected chi connectivity index (χ1v) is 4.02. The first-order valence-electron chi connectivity index (χ1n) is 3.27. The summed E-state index contributed by atoms with van der Waals surface area (Å²) >= 11 is 11.0. The van der Waals surface area contributed by atoms with Crippen molar-refractivity contribution in [1.29, 1.82) is 0 Å². The molecule has 0 atom stereocenters. The lowest BCUT2D eigenvalue weighted by atomic mass is 10.4. The van der Waals surface area contributed by atoms with E-state index in [-0.39, 0.29) is 22.6 Å². The smallest absolute Gasteiger partial charge is 0.375 e. The van der Waals surface area contributed by atoms with Crippen molar-refractivity contribution in [2.24, 2.45) is 0 Å². The molecule has 3 nitrogen and oxygen atoms in total. The molecule has 0 aliphatic heterocycles. The molecule has 0 aliphatic rings. The summed E-state index contributed by atoms with van der Waals surface area (Å²) in [5, 5.41) is 0.238. The second-order valence-corrected chi connectivity index (χ2v) is 2.73. The zero-order valence-electron chi connectivity index (χ0n) is 6.27. The van der Waals surface area contributed by atoms with Crippen LogP contribution in [0.5, 0.6) is 0 Å². The van der Waals surface area contributed by atoms with Gasteiger partial charge in [-0.25, -0.2) is 4.79 Å². The van der Waals surface area contributed by atoms with E-state index < -0.39 is 5.97 Å². The quantitative estimate of drug-likeness (QED) is 0.703. The molecule has 12 heavy (non-hydrogen) atoms. The van der Waals surface area contributed by atoms with Gasteiger partial charge >= 0.3 is 5.97 Å². The molecule has 0 unspecified atom stereocenters. The van der Waals surface area contributed by atoms with E-state index >= 15 is 0 Å². The van der Waals surface area contributed by atoms with Crippen LogP contribution in [-0.2, 0) is 4.74 Å². The number of hydrogen-bond donors (Lipinski definition) is 0. The molecule has 66 valence electrons. The number of carbonyl (C=O) groups excluding carboxylic acids is 1. The average Bonchev–Trinajstić information content (AvgIpc) is 2.30. The van der Waals surface area contributed by atoms with Gasteiger partial charge < -0.3 is 9.15 Å². The SMILES string of the molecule is CCOC(=O)c1oc(Cl)cc1Cl. The molecule has 0 aromatic carbocycles. The van der Waals surface area contributed by atoms with Gasteiger partial charge in [-0.3, -0.25) is 0 Å². The van der Waals surface area contributed by atoms with Gasteiger partial charge in [-0.2, -0.15) is 0 Å². The summed E-state index contributed by atoms with van der Waals surface area (Å²) in [4.78, 5) is 11.0. The zero-order valence-corrected chi connectivity index (χ0v) is 7.78. The van der Waals surface area contributed by atoms with E-state index in [4.69, 9.17) is 27.6 Å². The van der Waals surface area contributed by atoms with Gasteiger partial charge in [0.05, 0.1) is 11.6 Å². The zero-order chi connectivity index (χ0) is 9.14. The first kappa shape index (κ1) is 9.42. The Morgan fingerprint density at radius 3 is 2.75 bits per heavy atom. The molecule has 0 amide bonds. The maximum atomic E-state index is 11.0. The van der Waals surface area contributed by atoms with Crippen molar-refractivity contribution in [1.82, 2.24) is 0 Å². The van der Waals surface area contributed by atoms with Crippen LogP contribution in [0.1, 0.15) is 17.5 Å². The molecule has 0 saturated heterocycles. The minimum Gasteiger partial charge on any atom is -0.460 e. The van der Waals surface area contributed by atoms with Crippen LogP contribution in [-0.4, -0.2) is 12.6 Å². The monoisotopic (exact) mass is 208 g/mol. The van der Waals surface area contributed by atoms with E-state index in [2.05, 4.69) is 4.74 Å². The highest BCUT2D eigenvalue weighted by Gasteiger charge is 2.17. The minimum atomic E-state index is -0.602. The Morgan fingerprint density at radius 1 is 1.67 bits per heavy atom. The predicted octanol–water partition coefficient (Wildman–Crippen LogP) is 2.76. The lowest BCUT2D eigenvalue weighted by Crippen LogP contribution is -2.03. The molecule has 0 N–H and O–H groups in total. The number of esters is 1. The van der Waals surface area contributed by atoms with Crippen LogP contribution in [0.3, 0.4) is 0 Å². The van der Waals surface area contributed by atoms with Gasteiger partial charge in [0.2, 0.25) is 5.76 Å². The van der Waals surface area contributed by atoms with Crippen molar-refractivity contribution in [3.05, 3.63) is 22.1 Å². The van der Waals surface area contributed by atoms with Gasteiger partial charge in [-0.15, -0.1) is 0 Å². The molecular formula is C7H6Cl2O3. The molecule has 0 aliphatic carbocycles. The average molecular weight is 209 g/mol. The maximum Gasteiger partial charge on any atom is 0.375 e. The number of halogens is 2. The van der Waals surface area contributed by atoms with Crippen molar-refractivity contribution in [3.63, 3.8) is 0 Å². The van der Waals surface area contributed by atoms with Gasteiger partial charge in [0.1, 0.15) is 0 Å². The van der Waals surface area contributed by atoms with Crippen LogP contribution < -0.4 is 0 Å². The fourth-order valence-electron chi connectivity index (χ4n) is 0.677. The fourth-order valence-corrected chi connectivity index (χ4v) is 1.13. The molecule has 0 saturated carbocycles. The van der Waals surface area contributed by atoms with Crippen molar-refractivity contribution in [2.45, 2.75) is 6.92 Å². The van der Waals surface area contributed by atoms with E-state index in [0.717, 1.165) is 0 Å². The second kappa shape index (κ2) is 3.83. The lowest BCUT2D eigenvalue weighted by molar-refractivity contribution is 0.0490. The van der Waals surface area contributed by atoms with Crippen LogP contribution in [0.2, 0.25) is 10.2 Å².